The molecule has 1 fully saturated rings. The molecule has 17 heavy (non-hydrogen) atoms. The zero-order valence-corrected chi connectivity index (χ0v) is 11.8. The molecule has 0 N–H and O–H groups in total. The van der Waals surface area contributed by atoms with Gasteiger partial charge in [0.2, 0.25) is 0 Å². The molecule has 4 nitrogen and oxygen atoms in total. The Morgan fingerprint density at radius 1 is 1.41 bits per heavy atom. The summed E-state index contributed by atoms with van der Waals surface area (Å²) in [5, 5.41) is 1.80. The van der Waals surface area contributed by atoms with Crippen LogP contribution in [0.4, 0.5) is 0 Å². The molecule has 1 saturated heterocycles. The summed E-state index contributed by atoms with van der Waals surface area (Å²) in [6.45, 7) is 1.93. The zero-order valence-electron chi connectivity index (χ0n) is 10.2. The highest BCUT2D eigenvalue weighted by Crippen LogP contribution is 2.24. The minimum Gasteiger partial charge on any atom is -0.306 e. The van der Waals surface area contributed by atoms with Crippen molar-refractivity contribution < 1.29 is 8.42 Å². The van der Waals surface area contributed by atoms with Gasteiger partial charge in [0.05, 0.1) is 0 Å². The van der Waals surface area contributed by atoms with Gasteiger partial charge in [-0.1, -0.05) is 6.07 Å². The number of rotatable bonds is 3. The van der Waals surface area contributed by atoms with Crippen LogP contribution in [0.2, 0.25) is 0 Å². The predicted octanol–water partition coefficient (Wildman–Crippen LogP) is 1.46. The van der Waals surface area contributed by atoms with Crippen molar-refractivity contribution >= 4 is 21.4 Å². The van der Waals surface area contributed by atoms with Crippen molar-refractivity contribution in [2.75, 3.05) is 27.2 Å². The van der Waals surface area contributed by atoms with E-state index >= 15 is 0 Å². The van der Waals surface area contributed by atoms with Crippen LogP contribution in [0.15, 0.2) is 21.7 Å². The first kappa shape index (κ1) is 13.0. The average molecular weight is 274 g/mol. The van der Waals surface area contributed by atoms with E-state index in [0.29, 0.717) is 4.21 Å². The molecule has 1 aliphatic heterocycles. The quantitative estimate of drug-likeness (QED) is 0.838. The van der Waals surface area contributed by atoms with Crippen LogP contribution < -0.4 is 0 Å². The molecule has 0 unspecified atom stereocenters. The van der Waals surface area contributed by atoms with Crippen molar-refractivity contribution in [1.82, 2.24) is 9.21 Å². The molecular weight excluding hydrogens is 256 g/mol. The van der Waals surface area contributed by atoms with Crippen molar-refractivity contribution in [2.24, 2.45) is 0 Å². The molecule has 2 heterocycles. The second-order valence-electron chi connectivity index (χ2n) is 4.49. The third-order valence-corrected chi connectivity index (χ3v) is 6.61. The maximum atomic E-state index is 12.3. The molecule has 0 spiro atoms. The van der Waals surface area contributed by atoms with Crippen LogP contribution in [0.3, 0.4) is 0 Å². The minimum atomic E-state index is -3.28. The molecule has 0 atom stereocenters. The Bertz CT molecular complexity index is 448. The van der Waals surface area contributed by atoms with Crippen molar-refractivity contribution in [2.45, 2.75) is 23.1 Å². The van der Waals surface area contributed by atoms with E-state index in [0.717, 1.165) is 25.9 Å². The number of piperidine rings is 1. The number of hydrogen-bond acceptors (Lipinski definition) is 4. The first-order chi connectivity index (χ1) is 8.01. The molecule has 1 aliphatic rings. The van der Waals surface area contributed by atoms with Crippen LogP contribution in [0.5, 0.6) is 0 Å². The lowest BCUT2D eigenvalue weighted by atomic mass is 10.1. The fraction of sp³-hybridized carbons (Fsp3) is 0.636. The Morgan fingerprint density at radius 3 is 2.59 bits per heavy atom. The molecule has 0 bridgehead atoms. The highest BCUT2D eigenvalue weighted by Gasteiger charge is 2.30. The number of thiophene rings is 1. The Balaban J connectivity index is 2.12. The van der Waals surface area contributed by atoms with Gasteiger partial charge in [-0.2, -0.15) is 4.31 Å². The summed E-state index contributed by atoms with van der Waals surface area (Å²) in [5.74, 6) is 0. The first-order valence-electron chi connectivity index (χ1n) is 5.72. The fourth-order valence-corrected chi connectivity index (χ4v) is 4.70. The van der Waals surface area contributed by atoms with E-state index in [1.165, 1.54) is 11.3 Å². The summed E-state index contributed by atoms with van der Waals surface area (Å²) in [5.41, 5.74) is 0. The normalized spacial score (nSPS) is 19.9. The Kier molecular flexibility index (Phi) is 3.87. The minimum absolute atomic E-state index is 0.137. The topological polar surface area (TPSA) is 40.6 Å². The van der Waals surface area contributed by atoms with Crippen LogP contribution >= 0.6 is 11.3 Å². The van der Waals surface area contributed by atoms with E-state index in [1.54, 1.807) is 28.9 Å². The average Bonchev–Trinajstić information content (AvgIpc) is 2.83. The molecule has 0 radical (unpaired) electrons. The number of sulfonamides is 1. The maximum absolute atomic E-state index is 12.3. The summed E-state index contributed by atoms with van der Waals surface area (Å²) < 4.78 is 26.6. The summed E-state index contributed by atoms with van der Waals surface area (Å²) in [7, 11) is 0.493. The molecule has 0 amide bonds. The molecule has 0 saturated carbocycles. The summed E-state index contributed by atoms with van der Waals surface area (Å²) in [4.78, 5) is 2.24. The summed E-state index contributed by atoms with van der Waals surface area (Å²) >= 11 is 1.28. The van der Waals surface area contributed by atoms with Crippen molar-refractivity contribution in [3.8, 4) is 0 Å². The molecule has 1 aromatic rings. The standard InChI is InChI=1S/C11H18N2O2S2/c1-12-7-5-10(6-8-12)13(2)17(14,15)11-4-3-9-16-11/h3-4,9-10H,5-8H2,1-2H3. The lowest BCUT2D eigenvalue weighted by Crippen LogP contribution is -2.44. The SMILES string of the molecule is CN1CCC(N(C)S(=O)(=O)c2cccs2)CC1. The van der Waals surface area contributed by atoms with E-state index in [4.69, 9.17) is 0 Å². The lowest BCUT2D eigenvalue weighted by molar-refractivity contribution is 0.198. The van der Waals surface area contributed by atoms with Crippen LogP contribution in [0, 0.1) is 0 Å². The monoisotopic (exact) mass is 274 g/mol. The molecule has 6 heteroatoms. The molecule has 96 valence electrons. The smallest absolute Gasteiger partial charge is 0.252 e. The van der Waals surface area contributed by atoms with E-state index in [-0.39, 0.29) is 6.04 Å². The molecule has 1 aromatic heterocycles. The summed E-state index contributed by atoms with van der Waals surface area (Å²) in [6, 6.07) is 3.59. The van der Waals surface area contributed by atoms with E-state index in [2.05, 4.69) is 11.9 Å². The van der Waals surface area contributed by atoms with Gasteiger partial charge in [-0.05, 0) is 44.4 Å². The molecular formula is C11H18N2O2S2. The third-order valence-electron chi connectivity index (χ3n) is 3.33. The Labute approximate surface area is 107 Å². The van der Waals surface area contributed by atoms with Crippen molar-refractivity contribution in [3.63, 3.8) is 0 Å². The van der Waals surface area contributed by atoms with Gasteiger partial charge in [-0.25, -0.2) is 8.42 Å². The van der Waals surface area contributed by atoms with Gasteiger partial charge < -0.3 is 4.90 Å². The first-order valence-corrected chi connectivity index (χ1v) is 8.04. The maximum Gasteiger partial charge on any atom is 0.252 e. The molecule has 2 rings (SSSR count). The number of nitrogens with zero attached hydrogens (tertiary/aromatic N) is 2. The summed E-state index contributed by atoms with van der Waals surface area (Å²) in [6.07, 6.45) is 1.83. The van der Waals surface area contributed by atoms with Crippen LogP contribution in [0.25, 0.3) is 0 Å². The highest BCUT2D eigenvalue weighted by molar-refractivity contribution is 7.91. The largest absolute Gasteiger partial charge is 0.306 e. The number of likely N-dealkylation sites (tertiary alicyclic amines) is 1. The fourth-order valence-electron chi connectivity index (χ4n) is 2.11. The third kappa shape index (κ3) is 2.70. The van der Waals surface area contributed by atoms with Gasteiger partial charge in [0, 0.05) is 13.1 Å². The van der Waals surface area contributed by atoms with Gasteiger partial charge in [0.25, 0.3) is 10.0 Å². The van der Waals surface area contributed by atoms with Gasteiger partial charge in [0.1, 0.15) is 4.21 Å². The lowest BCUT2D eigenvalue weighted by Gasteiger charge is -2.34. The van der Waals surface area contributed by atoms with Crippen molar-refractivity contribution in [3.05, 3.63) is 17.5 Å². The van der Waals surface area contributed by atoms with Crippen LogP contribution in [-0.2, 0) is 10.0 Å². The number of hydrogen-bond donors (Lipinski definition) is 0. The zero-order chi connectivity index (χ0) is 12.5. The van der Waals surface area contributed by atoms with Gasteiger partial charge in [-0.3, -0.25) is 0 Å². The molecule has 0 aromatic carbocycles. The van der Waals surface area contributed by atoms with Gasteiger partial charge >= 0.3 is 0 Å². The van der Waals surface area contributed by atoms with E-state index < -0.39 is 10.0 Å². The van der Waals surface area contributed by atoms with Gasteiger partial charge in [0.15, 0.2) is 0 Å². The van der Waals surface area contributed by atoms with Crippen LogP contribution in [-0.4, -0.2) is 50.8 Å². The van der Waals surface area contributed by atoms with Crippen molar-refractivity contribution in [1.29, 1.82) is 0 Å². The van der Waals surface area contributed by atoms with E-state index in [9.17, 15) is 8.42 Å². The Hall–Kier alpha value is -0.430. The molecule has 0 aliphatic carbocycles. The second-order valence-corrected chi connectivity index (χ2v) is 7.66. The van der Waals surface area contributed by atoms with Crippen LogP contribution in [0.1, 0.15) is 12.8 Å². The highest BCUT2D eigenvalue weighted by atomic mass is 32.2. The predicted molar refractivity (Wildman–Crippen MR) is 69.8 cm³/mol. The second kappa shape index (κ2) is 5.06. The van der Waals surface area contributed by atoms with E-state index in [1.807, 2.05) is 0 Å². The Morgan fingerprint density at radius 2 is 2.06 bits per heavy atom. The van der Waals surface area contributed by atoms with Gasteiger partial charge in [-0.15, -0.1) is 11.3 Å².